The maximum Gasteiger partial charge on any atom is 0.387 e. The van der Waals surface area contributed by atoms with E-state index in [2.05, 4.69) is 30.2 Å². The van der Waals surface area contributed by atoms with Crippen LogP contribution in [0.5, 0.6) is 11.5 Å². The van der Waals surface area contributed by atoms with E-state index in [4.69, 9.17) is 16.3 Å². The Morgan fingerprint density at radius 2 is 2.19 bits per heavy atom. The molecule has 0 saturated carbocycles. The molecule has 1 saturated heterocycles. The number of alkyl halides is 2. The predicted molar refractivity (Wildman–Crippen MR) is 128 cm³/mol. The van der Waals surface area contributed by atoms with Gasteiger partial charge in [-0.25, -0.2) is 4.98 Å². The van der Waals surface area contributed by atoms with Crippen LogP contribution in [0.1, 0.15) is 12.0 Å². The summed E-state index contributed by atoms with van der Waals surface area (Å²) in [7, 11) is 3.12. The molecule has 1 aliphatic heterocycles. The van der Waals surface area contributed by atoms with Crippen molar-refractivity contribution in [3.63, 3.8) is 0 Å². The summed E-state index contributed by atoms with van der Waals surface area (Å²) in [4.78, 5) is 10.7. The van der Waals surface area contributed by atoms with E-state index in [9.17, 15) is 8.78 Å². The molecule has 2 aromatic rings. The molecule has 1 unspecified atom stereocenters. The summed E-state index contributed by atoms with van der Waals surface area (Å²) >= 11 is 6.24. The Kier molecular flexibility index (Phi) is 9.82. The summed E-state index contributed by atoms with van der Waals surface area (Å²) in [6.45, 7) is -1.12. The first kappa shape index (κ1) is 25.2. The number of nitrogens with zero attached hydrogens (tertiary/aromatic N) is 3. The van der Waals surface area contributed by atoms with Gasteiger partial charge >= 0.3 is 6.61 Å². The third kappa shape index (κ3) is 6.96. The van der Waals surface area contributed by atoms with E-state index in [1.807, 2.05) is 6.07 Å². The second-order valence-corrected chi connectivity index (χ2v) is 7.07. The van der Waals surface area contributed by atoms with E-state index >= 15 is 0 Å². The van der Waals surface area contributed by atoms with Crippen molar-refractivity contribution >= 4 is 47.4 Å². The van der Waals surface area contributed by atoms with E-state index in [1.165, 1.54) is 13.2 Å². The molecule has 11 heteroatoms. The van der Waals surface area contributed by atoms with Crippen LogP contribution < -0.4 is 25.0 Å². The molecule has 1 aromatic carbocycles. The number of anilines is 1. The third-order valence-electron chi connectivity index (χ3n) is 4.73. The molecule has 0 aliphatic carbocycles. The first-order valence-electron chi connectivity index (χ1n) is 9.44. The van der Waals surface area contributed by atoms with Gasteiger partial charge in [0.25, 0.3) is 0 Å². The van der Waals surface area contributed by atoms with Crippen molar-refractivity contribution < 1.29 is 18.3 Å². The SMILES string of the molecule is CN=C(NCc1ccc(OC)cc1OC(F)F)NC1CCN(c2ncccc2Cl)C1.I. The van der Waals surface area contributed by atoms with Crippen LogP contribution in [0, 0.1) is 0 Å². The molecular weight excluding hydrogens is 543 g/mol. The van der Waals surface area contributed by atoms with Gasteiger partial charge in [-0.15, -0.1) is 24.0 Å². The van der Waals surface area contributed by atoms with Crippen molar-refractivity contribution in [2.24, 2.45) is 4.99 Å². The minimum atomic E-state index is -2.92. The molecule has 0 spiro atoms. The highest BCUT2D eigenvalue weighted by Gasteiger charge is 2.25. The molecule has 2 N–H and O–H groups in total. The number of hydrogen-bond donors (Lipinski definition) is 2. The molecular formula is C20H25ClF2IN5O2. The Balaban J connectivity index is 0.00000341. The van der Waals surface area contributed by atoms with Crippen molar-refractivity contribution in [3.05, 3.63) is 47.1 Å². The zero-order chi connectivity index (χ0) is 21.5. The van der Waals surface area contributed by atoms with Gasteiger partial charge in [0.05, 0.1) is 12.1 Å². The highest BCUT2D eigenvalue weighted by molar-refractivity contribution is 14.0. The smallest absolute Gasteiger partial charge is 0.387 e. The van der Waals surface area contributed by atoms with Gasteiger partial charge in [-0.05, 0) is 30.7 Å². The van der Waals surface area contributed by atoms with Gasteiger partial charge in [0.15, 0.2) is 5.96 Å². The minimum Gasteiger partial charge on any atom is -0.497 e. The van der Waals surface area contributed by atoms with Crippen LogP contribution in [0.15, 0.2) is 41.5 Å². The van der Waals surface area contributed by atoms with E-state index in [-0.39, 0.29) is 42.3 Å². The fourth-order valence-electron chi connectivity index (χ4n) is 3.26. The molecule has 31 heavy (non-hydrogen) atoms. The molecule has 170 valence electrons. The summed E-state index contributed by atoms with van der Waals surface area (Å²) in [5.41, 5.74) is 0.562. The number of pyridine rings is 1. The van der Waals surface area contributed by atoms with Crippen LogP contribution in [0.3, 0.4) is 0 Å². The number of aromatic nitrogens is 1. The third-order valence-corrected chi connectivity index (χ3v) is 5.02. The van der Waals surface area contributed by atoms with Crippen LogP contribution in [0.4, 0.5) is 14.6 Å². The van der Waals surface area contributed by atoms with Crippen molar-refractivity contribution in [1.29, 1.82) is 0 Å². The largest absolute Gasteiger partial charge is 0.497 e. The number of guanidine groups is 1. The summed E-state index contributed by atoms with van der Waals surface area (Å²) in [6.07, 6.45) is 2.60. The normalized spacial score (nSPS) is 16.1. The topological polar surface area (TPSA) is 71.0 Å². The second kappa shape index (κ2) is 12.1. The Labute approximate surface area is 202 Å². The molecule has 7 nitrogen and oxygen atoms in total. The number of nitrogens with one attached hydrogen (secondary N) is 2. The van der Waals surface area contributed by atoms with Crippen LogP contribution in [-0.2, 0) is 6.54 Å². The predicted octanol–water partition coefficient (Wildman–Crippen LogP) is 3.91. The van der Waals surface area contributed by atoms with Gasteiger partial charge in [0.2, 0.25) is 0 Å². The average Bonchev–Trinajstić information content (AvgIpc) is 3.19. The molecule has 0 bridgehead atoms. The van der Waals surface area contributed by atoms with Crippen molar-refractivity contribution in [2.75, 3.05) is 32.1 Å². The van der Waals surface area contributed by atoms with Crippen LogP contribution in [-0.4, -0.2) is 50.8 Å². The van der Waals surface area contributed by atoms with Gasteiger partial charge in [0.1, 0.15) is 17.3 Å². The lowest BCUT2D eigenvalue weighted by molar-refractivity contribution is -0.0505. The zero-order valence-corrected chi connectivity index (χ0v) is 20.2. The minimum absolute atomic E-state index is 0. The molecule has 0 amide bonds. The standard InChI is InChI=1S/C20H24ClF2N5O2.HI/c1-24-20(26-11-13-5-6-15(29-2)10-17(13)30-19(22)23)27-14-7-9-28(12-14)18-16(21)4-3-8-25-18;/h3-6,8,10,14,19H,7,9,11-12H2,1-2H3,(H2,24,26,27);1H. The van der Waals surface area contributed by atoms with Crippen molar-refractivity contribution in [1.82, 2.24) is 15.6 Å². The summed E-state index contributed by atoms with van der Waals surface area (Å²) in [5.74, 6) is 1.83. The molecule has 1 aromatic heterocycles. The lowest BCUT2D eigenvalue weighted by Crippen LogP contribution is -2.44. The monoisotopic (exact) mass is 567 g/mol. The van der Waals surface area contributed by atoms with Gasteiger partial charge in [-0.2, -0.15) is 8.78 Å². The van der Waals surface area contributed by atoms with Crippen LogP contribution in [0.2, 0.25) is 5.02 Å². The van der Waals surface area contributed by atoms with Gasteiger partial charge in [0, 0.05) is 50.6 Å². The van der Waals surface area contributed by atoms with Crippen molar-refractivity contribution in [3.8, 4) is 11.5 Å². The summed E-state index contributed by atoms with van der Waals surface area (Å²) in [6, 6.07) is 8.56. The van der Waals surface area contributed by atoms with E-state index in [0.717, 1.165) is 25.3 Å². The van der Waals surface area contributed by atoms with Gasteiger partial charge in [-0.3, -0.25) is 4.99 Å². The number of ether oxygens (including phenoxy) is 2. The highest BCUT2D eigenvalue weighted by Crippen LogP contribution is 2.27. The number of aliphatic imine (C=N–C) groups is 1. The molecule has 1 fully saturated rings. The van der Waals surface area contributed by atoms with Gasteiger partial charge < -0.3 is 25.0 Å². The quantitative estimate of drug-likeness (QED) is 0.301. The molecule has 1 aliphatic rings. The lowest BCUT2D eigenvalue weighted by Gasteiger charge is -2.20. The molecule has 3 rings (SSSR count). The fraction of sp³-hybridized carbons (Fsp3) is 0.400. The Hall–Kier alpha value is -2.08. The zero-order valence-electron chi connectivity index (χ0n) is 17.1. The first-order chi connectivity index (χ1) is 14.5. The Morgan fingerprint density at radius 3 is 2.87 bits per heavy atom. The maximum absolute atomic E-state index is 12.7. The molecule has 0 radical (unpaired) electrons. The molecule has 1 atom stereocenters. The number of halogens is 4. The second-order valence-electron chi connectivity index (χ2n) is 6.66. The van der Waals surface area contributed by atoms with Gasteiger partial charge in [-0.1, -0.05) is 11.6 Å². The average molecular weight is 568 g/mol. The number of hydrogen-bond acceptors (Lipinski definition) is 5. The molecule has 2 heterocycles. The van der Waals surface area contributed by atoms with E-state index in [1.54, 1.807) is 31.4 Å². The van der Waals surface area contributed by atoms with E-state index < -0.39 is 6.61 Å². The first-order valence-corrected chi connectivity index (χ1v) is 9.82. The van der Waals surface area contributed by atoms with Crippen molar-refractivity contribution in [2.45, 2.75) is 25.6 Å². The fourth-order valence-corrected chi connectivity index (χ4v) is 3.50. The summed E-state index contributed by atoms with van der Waals surface area (Å²) < 4.78 is 35.2. The Bertz CT molecular complexity index is 890. The maximum atomic E-state index is 12.7. The number of methoxy groups -OCH3 is 1. The number of rotatable bonds is 7. The number of benzene rings is 1. The van der Waals surface area contributed by atoms with Crippen LogP contribution in [0.25, 0.3) is 0 Å². The Morgan fingerprint density at radius 1 is 1.39 bits per heavy atom. The highest BCUT2D eigenvalue weighted by atomic mass is 127. The lowest BCUT2D eigenvalue weighted by atomic mass is 10.2. The summed E-state index contributed by atoms with van der Waals surface area (Å²) in [5, 5.41) is 7.11. The van der Waals surface area contributed by atoms with E-state index in [0.29, 0.717) is 22.3 Å². The van der Waals surface area contributed by atoms with Crippen LogP contribution >= 0.6 is 35.6 Å².